The van der Waals surface area contributed by atoms with E-state index in [1.54, 1.807) is 48.5 Å². The molecule has 4 heterocycles. The Morgan fingerprint density at radius 2 is 0.866 bits per heavy atom. The first-order valence-corrected chi connectivity index (χ1v) is 38.9. The lowest BCUT2D eigenvalue weighted by molar-refractivity contribution is -0.193. The Bertz CT molecular complexity index is 4960. The molecule has 0 unspecified atom stereocenters. The largest absolute Gasteiger partial charge is 0.508 e. The topological polar surface area (TPSA) is 334 Å². The summed E-state index contributed by atoms with van der Waals surface area (Å²) in [6.07, 6.45) is 5.99. The summed E-state index contributed by atoms with van der Waals surface area (Å²) in [6.45, 7) is 13.7. The van der Waals surface area contributed by atoms with Crippen LogP contribution in [0.2, 0.25) is 10.0 Å². The van der Waals surface area contributed by atoms with Gasteiger partial charge in [-0.2, -0.15) is 28.8 Å². The molecule has 0 fully saturated rings. The number of fused-ring (bicyclic) bond motifs is 4. The maximum atomic E-state index is 11.7. The summed E-state index contributed by atoms with van der Waals surface area (Å²) in [7, 11) is 0.345. The van der Waals surface area contributed by atoms with Crippen molar-refractivity contribution < 1.29 is 92.6 Å². The van der Waals surface area contributed by atoms with Crippen LogP contribution in [0.1, 0.15) is 144 Å². The van der Waals surface area contributed by atoms with E-state index < -0.39 is 12.7 Å². The number of amides is 4. The van der Waals surface area contributed by atoms with Gasteiger partial charge in [0.2, 0.25) is 23.6 Å². The summed E-state index contributed by atoms with van der Waals surface area (Å²) in [5.41, 5.74) is 16.5. The first kappa shape index (κ1) is 99.7. The van der Waals surface area contributed by atoms with Crippen LogP contribution in [0.15, 0.2) is 223 Å². The summed E-state index contributed by atoms with van der Waals surface area (Å²) in [5, 5.41) is 39.9. The normalized spacial score (nSPS) is 11.9. The zero-order valence-electron chi connectivity index (χ0n) is 67.2. The number of alkyl halides is 2. The number of phenols is 1. The molecule has 0 spiro atoms. The van der Waals surface area contributed by atoms with Gasteiger partial charge < -0.3 is 55.4 Å². The van der Waals surface area contributed by atoms with Crippen molar-refractivity contribution in [3.8, 4) is 34.1 Å². The minimum Gasteiger partial charge on any atom is -0.508 e. The van der Waals surface area contributed by atoms with Gasteiger partial charge in [-0.3, -0.25) is 23.6 Å². The average molecular weight is 1800 g/mol. The van der Waals surface area contributed by atoms with Crippen LogP contribution < -0.4 is 40.9 Å². The summed E-state index contributed by atoms with van der Waals surface area (Å²) >= 11 is 18.5. The molecule has 119 heavy (non-hydrogen) atoms. The number of hydrogen-bond acceptors (Lipinski definition) is 18. The molecule has 4 amide bonds. The fourth-order valence-electron chi connectivity index (χ4n) is 11.1. The third-order valence-corrected chi connectivity index (χ3v) is 18.7. The predicted octanol–water partition coefficient (Wildman–Crippen LogP) is 18.8. The van der Waals surface area contributed by atoms with E-state index in [4.69, 9.17) is 87.4 Å². The van der Waals surface area contributed by atoms with Crippen LogP contribution in [0.4, 0.5) is 27.1 Å². The van der Waals surface area contributed by atoms with Crippen LogP contribution in [0.3, 0.4) is 0 Å². The number of aryl methyl sites for hydroxylation is 4. The van der Waals surface area contributed by atoms with Gasteiger partial charge in [0, 0.05) is 95.0 Å². The van der Waals surface area contributed by atoms with Gasteiger partial charge in [-0.05, 0) is 190 Å². The molecule has 22 nitrogen and oxygen atoms in total. The first-order chi connectivity index (χ1) is 56.9. The summed E-state index contributed by atoms with van der Waals surface area (Å²) in [4.78, 5) is 106. The molecule has 10 aromatic carbocycles. The minimum atomic E-state index is -1.41. The Kier molecular flexibility index (Phi) is 44.3. The van der Waals surface area contributed by atoms with Gasteiger partial charge in [0.25, 0.3) is 0 Å². The molecule has 10 aromatic rings. The number of phenolic OH excluding ortho intramolecular Hbond substituents is 1. The maximum absolute atomic E-state index is 11.7. The third kappa shape index (κ3) is 36.4. The van der Waals surface area contributed by atoms with Gasteiger partial charge in [-0.25, -0.2) is 4.79 Å². The summed E-state index contributed by atoms with van der Waals surface area (Å²) < 4.78 is 39.2. The van der Waals surface area contributed by atoms with Crippen LogP contribution >= 0.6 is 55.1 Å². The lowest BCUT2D eigenvalue weighted by Crippen LogP contribution is -2.29. The molecule has 0 saturated carbocycles. The molecule has 28 heteroatoms. The van der Waals surface area contributed by atoms with E-state index in [-0.39, 0.29) is 66.6 Å². The fourth-order valence-corrected chi connectivity index (χ4v) is 12.2. The molecule has 4 aliphatic heterocycles. The number of carbonyl (C=O) groups excluding carboxylic acids is 11. The van der Waals surface area contributed by atoms with Crippen LogP contribution in [-0.4, -0.2) is 83.1 Å². The van der Waals surface area contributed by atoms with E-state index in [0.29, 0.717) is 73.8 Å². The lowest BCUT2D eigenvalue weighted by atomic mass is 9.81. The number of hydrogen-bond donors (Lipinski definition) is 7. The Balaban J connectivity index is 0.000000369. The molecular weight excluding hydrogens is 1700 g/mol. The number of rotatable bonds is 13. The van der Waals surface area contributed by atoms with Crippen LogP contribution in [-0.2, 0) is 109 Å². The smallest absolute Gasteiger partial charge is 0.488 e. The first-order valence-electron chi connectivity index (χ1n) is 37.3. The molecule has 0 saturated heterocycles. The number of carbonyl (C=O) groups is 5. The maximum Gasteiger partial charge on any atom is 0.488 e. The van der Waals surface area contributed by atoms with Crippen molar-refractivity contribution in [2.24, 2.45) is 0 Å². The molecule has 0 radical (unpaired) electrons. The third-order valence-electron chi connectivity index (χ3n) is 16.9. The van der Waals surface area contributed by atoms with Crippen molar-refractivity contribution in [1.82, 2.24) is 0 Å². The van der Waals surface area contributed by atoms with Gasteiger partial charge in [-0.15, -0.1) is 0 Å². The molecule has 0 aliphatic carbocycles. The predicted molar refractivity (Wildman–Crippen MR) is 465 cm³/mol. The second-order valence-corrected chi connectivity index (χ2v) is 29.9. The Hall–Kier alpha value is -11.7. The highest BCUT2D eigenvalue weighted by Gasteiger charge is 2.23. The molecule has 7 N–H and O–H groups in total. The fraction of sp³-hybridized carbons (Fsp3) is 0.253. The molecule has 626 valence electrons. The van der Waals surface area contributed by atoms with E-state index in [1.165, 1.54) is 18.5 Å². The highest BCUT2D eigenvalue weighted by molar-refractivity contribution is 9.10. The van der Waals surface area contributed by atoms with E-state index in [9.17, 15) is 28.4 Å². The number of esters is 1. The molecule has 0 atom stereocenters. The SMILES string of the molecule is C.CC(C)(C)OC(=O)c1ccc(CBr)cc1.CC(C)(C)c1ccc(COc2ccc3c(c2)NC(=O)CC3)cc1.CF.O=C1CCc2cc(-c3ccc(Cl)cc3)c(OCc3ccccc3)cc2N1.O=C1CCc2cc(Br)c(OCc3ccccc3)cc2N1.O=C1CCc2ccc(O)cc2N1.O=C=O.O=C=O.O=C=O.OB(O)c1ccc(Cl)cc1.[2H]C. The van der Waals surface area contributed by atoms with Crippen LogP contribution in [0.5, 0.6) is 23.0 Å². The van der Waals surface area contributed by atoms with E-state index in [1.807, 2.05) is 160 Å². The second kappa shape index (κ2) is 52.9. The van der Waals surface area contributed by atoms with Gasteiger partial charge in [-0.1, -0.05) is 208 Å². The van der Waals surface area contributed by atoms with Gasteiger partial charge in [0.1, 0.15) is 48.4 Å². The number of benzene rings is 10. The molecule has 0 aromatic heterocycles. The number of aromatic hydroxyl groups is 1. The standard InChI is InChI=1S/C22H18ClNO2.C20H23NO2.C16H14BrNO2.C12H15BrO2.C9H9NO2.C6H6BClO2.CH3F.3CO2.2CH4/c23-18-9-6-16(7-10-18)19-12-17-8-11-22(25)24-20(17)13-21(19)26-14-15-4-2-1-3-5-15;1-20(2,3)16-8-4-14(5-9-16)13-23-17-10-6-15-7-11-19(22)21-18(15)12-17;17-13-8-12-6-7-16(19)18-14(12)9-15(13)20-10-11-4-2-1-3-5-11;1-12(2,3)15-11(14)10-6-4-9(8-13)5-7-10;11-7-3-1-6-2-4-9(12)10-8(6)5-7;8-6-3-1-5(2-4-6)7(9)10;1-2;3*2-1-3;;/h1-7,9-10,12-13H,8,11,14H2,(H,24,25);4-6,8-10,12H,7,11,13H2,1-3H3,(H,21,22);1-5,8-9H,6-7,10H2,(H,18,19);4-7H,8H2,1-3H3;1,3,5,11H,2,4H2,(H,10,12);1-4,9-10H;1H3;;;;2*1H4/i;;;;;;;;;;1D;. The number of anilines is 4. The lowest BCUT2D eigenvalue weighted by Gasteiger charge is -2.21. The van der Waals surface area contributed by atoms with Crippen molar-refractivity contribution in [3.05, 3.63) is 289 Å². The van der Waals surface area contributed by atoms with Crippen LogP contribution in [0, 0.1) is 0 Å². The second-order valence-electron chi connectivity index (χ2n) is 27.6. The molecular formula is C91H96BBr2Cl2FN4O18. The van der Waals surface area contributed by atoms with E-state index in [0.717, 1.165) is 126 Å². The Morgan fingerprint density at radius 1 is 0.479 bits per heavy atom. The van der Waals surface area contributed by atoms with Gasteiger partial charge in [0.05, 0.1) is 17.2 Å². The summed E-state index contributed by atoms with van der Waals surface area (Å²) in [6, 6.07) is 68.9. The Morgan fingerprint density at radius 3 is 1.31 bits per heavy atom. The average Bonchev–Trinajstić information content (AvgIpc) is 0.790. The van der Waals surface area contributed by atoms with Crippen molar-refractivity contribution >= 4 is 138 Å². The Labute approximate surface area is 721 Å². The van der Waals surface area contributed by atoms with Crippen molar-refractivity contribution in [2.45, 2.75) is 144 Å². The summed E-state index contributed by atoms with van der Waals surface area (Å²) in [5.74, 6) is 2.40. The number of halogens is 5. The zero-order chi connectivity index (χ0) is 88.0. The minimum absolute atomic E-state index is 0. The van der Waals surface area contributed by atoms with E-state index >= 15 is 0 Å². The van der Waals surface area contributed by atoms with Gasteiger partial charge >= 0.3 is 31.5 Å². The monoisotopic (exact) mass is 1790 g/mol. The quantitative estimate of drug-likeness (QED) is 0.0320. The zero-order valence-corrected chi connectivity index (χ0v) is 70.9. The molecule has 4 aliphatic rings. The van der Waals surface area contributed by atoms with Crippen molar-refractivity contribution in [1.29, 1.82) is 0 Å². The van der Waals surface area contributed by atoms with Crippen LogP contribution in [0.25, 0.3) is 11.1 Å². The highest BCUT2D eigenvalue weighted by atomic mass is 79.9. The number of nitrogens with one attached hydrogen (secondary N) is 4. The molecule has 0 bridgehead atoms. The number of ether oxygens (including phenoxy) is 4. The van der Waals surface area contributed by atoms with Gasteiger partial charge in [0.15, 0.2) is 0 Å². The van der Waals surface area contributed by atoms with Crippen molar-refractivity contribution in [2.75, 3.05) is 28.4 Å². The molecule has 14 rings (SSSR count). The van der Waals surface area contributed by atoms with E-state index in [2.05, 4.69) is 104 Å². The highest BCUT2D eigenvalue weighted by Crippen LogP contribution is 2.39. The van der Waals surface area contributed by atoms with Crippen molar-refractivity contribution in [3.63, 3.8) is 0 Å².